The molecule has 0 spiro atoms. The minimum Gasteiger partial charge on any atom is -0.478 e. The van der Waals surface area contributed by atoms with Crippen LogP contribution >= 0.6 is 0 Å². The molecule has 0 radical (unpaired) electrons. The van der Waals surface area contributed by atoms with Crippen molar-refractivity contribution in [2.24, 2.45) is 5.92 Å². The maximum absolute atomic E-state index is 10.5. The number of hydrogen-bond donors (Lipinski definition) is 1. The van der Waals surface area contributed by atoms with Gasteiger partial charge in [-0.25, -0.2) is 4.79 Å². The molecule has 0 saturated heterocycles. The number of aliphatic carboxylic acids is 1. The van der Waals surface area contributed by atoms with Crippen LogP contribution in [0.4, 0.5) is 5.69 Å². The molecule has 116 valence electrons. The second kappa shape index (κ2) is 8.50. The van der Waals surface area contributed by atoms with Gasteiger partial charge in [0.2, 0.25) is 0 Å². The first-order valence-electron chi connectivity index (χ1n) is 7.75. The molecule has 0 atom stereocenters. The van der Waals surface area contributed by atoms with Gasteiger partial charge in [-0.3, -0.25) is 0 Å². The number of nitrogens with zero attached hydrogens (tertiary/aromatic N) is 1. The fourth-order valence-corrected chi connectivity index (χ4v) is 2.53. The van der Waals surface area contributed by atoms with E-state index in [0.29, 0.717) is 12.0 Å². The van der Waals surface area contributed by atoms with Gasteiger partial charge in [0.05, 0.1) is 0 Å². The largest absolute Gasteiger partial charge is 0.478 e. The van der Waals surface area contributed by atoms with E-state index in [1.165, 1.54) is 11.8 Å². The predicted molar refractivity (Wildman–Crippen MR) is 89.7 cm³/mol. The molecule has 1 rings (SSSR count). The zero-order valence-electron chi connectivity index (χ0n) is 13.5. The Morgan fingerprint density at radius 3 is 2.19 bits per heavy atom. The van der Waals surface area contributed by atoms with E-state index in [9.17, 15) is 4.79 Å². The van der Waals surface area contributed by atoms with E-state index < -0.39 is 5.97 Å². The topological polar surface area (TPSA) is 40.5 Å². The number of rotatable bonds is 8. The summed E-state index contributed by atoms with van der Waals surface area (Å²) in [6.45, 7) is 9.96. The summed E-state index contributed by atoms with van der Waals surface area (Å²) in [4.78, 5) is 13.0. The highest BCUT2D eigenvalue weighted by molar-refractivity contribution is 5.85. The van der Waals surface area contributed by atoms with E-state index in [1.54, 1.807) is 6.08 Å². The van der Waals surface area contributed by atoms with Crippen LogP contribution in [0.25, 0.3) is 6.08 Å². The molecule has 0 unspecified atom stereocenters. The number of carboxylic acids is 1. The van der Waals surface area contributed by atoms with Crippen LogP contribution in [-0.2, 0) is 4.79 Å². The average molecular weight is 289 g/mol. The molecule has 1 N–H and O–H groups in total. The molecule has 0 heterocycles. The molecule has 0 aliphatic carbocycles. The van der Waals surface area contributed by atoms with E-state index in [4.69, 9.17) is 5.11 Å². The van der Waals surface area contributed by atoms with Crippen molar-refractivity contribution in [3.05, 3.63) is 35.9 Å². The Balaban J connectivity index is 2.95. The third-order valence-corrected chi connectivity index (χ3v) is 3.59. The van der Waals surface area contributed by atoms with Crippen molar-refractivity contribution in [2.45, 2.75) is 46.6 Å². The summed E-state index contributed by atoms with van der Waals surface area (Å²) >= 11 is 0. The zero-order valence-corrected chi connectivity index (χ0v) is 13.5. The third kappa shape index (κ3) is 5.62. The number of carbonyl (C=O) groups is 1. The van der Waals surface area contributed by atoms with Crippen LogP contribution < -0.4 is 4.90 Å². The third-order valence-electron chi connectivity index (χ3n) is 3.59. The molecule has 21 heavy (non-hydrogen) atoms. The van der Waals surface area contributed by atoms with Gasteiger partial charge >= 0.3 is 5.97 Å². The van der Waals surface area contributed by atoms with Crippen LogP contribution in [0.1, 0.15) is 46.1 Å². The van der Waals surface area contributed by atoms with Crippen molar-refractivity contribution in [1.82, 2.24) is 0 Å². The highest BCUT2D eigenvalue weighted by Crippen LogP contribution is 2.23. The van der Waals surface area contributed by atoms with Gasteiger partial charge in [-0.1, -0.05) is 39.8 Å². The lowest BCUT2D eigenvalue weighted by atomic mass is 10.1. The molecule has 0 amide bonds. The average Bonchev–Trinajstić information content (AvgIpc) is 2.45. The molecule has 0 aliphatic rings. The van der Waals surface area contributed by atoms with Gasteiger partial charge in [0.15, 0.2) is 0 Å². The Bertz CT molecular complexity index is 459. The summed E-state index contributed by atoms with van der Waals surface area (Å²) < 4.78 is 0. The number of benzene rings is 1. The summed E-state index contributed by atoms with van der Waals surface area (Å²) in [7, 11) is 0. The molecule has 0 aliphatic heterocycles. The van der Waals surface area contributed by atoms with Crippen molar-refractivity contribution in [3.8, 4) is 0 Å². The lowest BCUT2D eigenvalue weighted by Gasteiger charge is -2.34. The molecule has 0 bridgehead atoms. The fraction of sp³-hybridized carbons (Fsp3) is 0.500. The molecule has 3 nitrogen and oxygen atoms in total. The van der Waals surface area contributed by atoms with Gasteiger partial charge in [0.25, 0.3) is 0 Å². The lowest BCUT2D eigenvalue weighted by Crippen LogP contribution is -2.37. The lowest BCUT2D eigenvalue weighted by molar-refractivity contribution is -0.131. The van der Waals surface area contributed by atoms with Gasteiger partial charge < -0.3 is 10.0 Å². The smallest absolute Gasteiger partial charge is 0.328 e. The molecular weight excluding hydrogens is 262 g/mol. The Hall–Kier alpha value is -1.77. The van der Waals surface area contributed by atoms with Crippen LogP contribution in [0.5, 0.6) is 0 Å². The number of carboxylic acid groups (broad SMARTS) is 1. The molecular formula is C18H27NO2. The maximum Gasteiger partial charge on any atom is 0.328 e. The quantitative estimate of drug-likeness (QED) is 0.719. The Kier molecular flexibility index (Phi) is 7.00. The van der Waals surface area contributed by atoms with Crippen molar-refractivity contribution in [3.63, 3.8) is 0 Å². The van der Waals surface area contributed by atoms with Crippen LogP contribution in [0.3, 0.4) is 0 Å². The first kappa shape index (κ1) is 17.3. The van der Waals surface area contributed by atoms with Gasteiger partial charge in [0, 0.05) is 24.4 Å². The molecule has 0 saturated carbocycles. The summed E-state index contributed by atoms with van der Waals surface area (Å²) in [6.07, 6.45) is 5.05. The highest BCUT2D eigenvalue weighted by atomic mass is 16.4. The molecule has 3 heteroatoms. The van der Waals surface area contributed by atoms with E-state index in [2.05, 4.69) is 44.7 Å². The number of hydrogen-bond acceptors (Lipinski definition) is 2. The van der Waals surface area contributed by atoms with E-state index in [-0.39, 0.29) is 0 Å². The van der Waals surface area contributed by atoms with Crippen molar-refractivity contribution in [1.29, 1.82) is 0 Å². The van der Waals surface area contributed by atoms with Crippen LogP contribution in [0.15, 0.2) is 30.3 Å². The van der Waals surface area contributed by atoms with E-state index in [1.807, 2.05) is 12.1 Å². The van der Waals surface area contributed by atoms with E-state index >= 15 is 0 Å². The van der Waals surface area contributed by atoms with Crippen molar-refractivity contribution < 1.29 is 9.90 Å². The van der Waals surface area contributed by atoms with Gasteiger partial charge in [-0.15, -0.1) is 0 Å². The Morgan fingerprint density at radius 1 is 1.19 bits per heavy atom. The van der Waals surface area contributed by atoms with E-state index in [0.717, 1.165) is 24.9 Å². The molecule has 0 aromatic heterocycles. The Morgan fingerprint density at radius 2 is 1.76 bits per heavy atom. The normalized spacial score (nSPS) is 11.5. The van der Waals surface area contributed by atoms with Crippen LogP contribution in [-0.4, -0.2) is 23.7 Å². The van der Waals surface area contributed by atoms with Crippen LogP contribution in [0.2, 0.25) is 0 Å². The maximum atomic E-state index is 10.5. The summed E-state index contributed by atoms with van der Waals surface area (Å²) in [6, 6.07) is 8.67. The van der Waals surface area contributed by atoms with Gasteiger partial charge in [0.1, 0.15) is 0 Å². The monoisotopic (exact) mass is 289 g/mol. The fourth-order valence-electron chi connectivity index (χ4n) is 2.53. The SMILES string of the molecule is CCC(CC)N(CC(C)C)c1ccc(C=CC(=O)O)cc1. The van der Waals surface area contributed by atoms with Gasteiger partial charge in [-0.2, -0.15) is 0 Å². The minimum atomic E-state index is -0.919. The molecule has 1 aromatic rings. The van der Waals surface area contributed by atoms with Crippen LogP contribution in [0, 0.1) is 5.92 Å². The standard InChI is InChI=1S/C18H27NO2/c1-5-16(6-2)19(13-14(3)4)17-10-7-15(8-11-17)9-12-18(20)21/h7-12,14,16H,5-6,13H2,1-4H3,(H,20,21). The molecule has 0 fully saturated rings. The zero-order chi connectivity index (χ0) is 15.8. The first-order valence-corrected chi connectivity index (χ1v) is 7.75. The minimum absolute atomic E-state index is 0.549. The first-order chi connectivity index (χ1) is 9.97. The molecule has 1 aromatic carbocycles. The summed E-state index contributed by atoms with van der Waals surface area (Å²) in [5.41, 5.74) is 2.13. The summed E-state index contributed by atoms with van der Waals surface area (Å²) in [5, 5.41) is 8.66. The highest BCUT2D eigenvalue weighted by Gasteiger charge is 2.16. The number of anilines is 1. The van der Waals surface area contributed by atoms with Crippen molar-refractivity contribution >= 4 is 17.7 Å². The Labute approximate surface area is 128 Å². The van der Waals surface area contributed by atoms with Gasteiger partial charge in [-0.05, 0) is 42.5 Å². The second-order valence-electron chi connectivity index (χ2n) is 5.78. The predicted octanol–water partition coefficient (Wildman–Crippen LogP) is 4.44. The summed E-state index contributed by atoms with van der Waals surface area (Å²) in [5.74, 6) is -0.310. The second-order valence-corrected chi connectivity index (χ2v) is 5.78. The van der Waals surface area contributed by atoms with Crippen molar-refractivity contribution in [2.75, 3.05) is 11.4 Å².